The second-order valence-corrected chi connectivity index (χ2v) is 9.11. The van der Waals surface area contributed by atoms with Gasteiger partial charge >= 0.3 is 0 Å². The first-order chi connectivity index (χ1) is 14.0. The molecule has 0 spiro atoms. The fourth-order valence-electron chi connectivity index (χ4n) is 3.72. The first-order valence-electron chi connectivity index (χ1n) is 9.70. The molecule has 2 heterocycles. The Labute approximate surface area is 170 Å². The maximum absolute atomic E-state index is 13.2. The number of ether oxygens (including phenoxy) is 2. The van der Waals surface area contributed by atoms with E-state index in [2.05, 4.69) is 5.32 Å². The molecule has 1 atom stereocenters. The Kier molecular flexibility index (Phi) is 5.47. The third-order valence-corrected chi connectivity index (χ3v) is 7.25. The summed E-state index contributed by atoms with van der Waals surface area (Å²) in [6, 6.07) is 11.7. The summed E-state index contributed by atoms with van der Waals surface area (Å²) in [5, 5.41) is 2.90. The van der Waals surface area contributed by atoms with E-state index in [0.29, 0.717) is 50.6 Å². The lowest BCUT2D eigenvalue weighted by Crippen LogP contribution is -2.45. The largest absolute Gasteiger partial charge is 0.486 e. The fourth-order valence-corrected chi connectivity index (χ4v) is 5.39. The molecule has 1 saturated heterocycles. The molecule has 1 fully saturated rings. The number of aryl methyl sites for hydroxylation is 1. The van der Waals surface area contributed by atoms with E-state index in [0.717, 1.165) is 11.1 Å². The Morgan fingerprint density at radius 3 is 2.69 bits per heavy atom. The molecule has 0 aromatic heterocycles. The van der Waals surface area contributed by atoms with Gasteiger partial charge in [-0.25, -0.2) is 8.42 Å². The third kappa shape index (κ3) is 3.95. The van der Waals surface area contributed by atoms with Gasteiger partial charge < -0.3 is 14.8 Å². The predicted octanol–water partition coefficient (Wildman–Crippen LogP) is 2.24. The van der Waals surface area contributed by atoms with Crippen molar-refractivity contribution < 1.29 is 22.7 Å². The number of rotatable bonds is 5. The van der Waals surface area contributed by atoms with Crippen LogP contribution in [0, 0.1) is 6.92 Å². The van der Waals surface area contributed by atoms with Gasteiger partial charge in [-0.2, -0.15) is 4.31 Å². The van der Waals surface area contributed by atoms with E-state index in [1.54, 1.807) is 6.07 Å². The van der Waals surface area contributed by atoms with Gasteiger partial charge in [-0.1, -0.05) is 24.3 Å². The van der Waals surface area contributed by atoms with Gasteiger partial charge in [0.05, 0.1) is 4.90 Å². The van der Waals surface area contributed by atoms with E-state index in [-0.39, 0.29) is 10.8 Å². The lowest BCUT2D eigenvalue weighted by molar-refractivity contribution is -0.124. The topological polar surface area (TPSA) is 84.9 Å². The van der Waals surface area contributed by atoms with Crippen LogP contribution in [-0.2, 0) is 21.4 Å². The van der Waals surface area contributed by atoms with Gasteiger partial charge in [0.15, 0.2) is 11.5 Å². The first kappa shape index (κ1) is 19.7. The van der Waals surface area contributed by atoms with Crippen LogP contribution in [-0.4, -0.2) is 44.4 Å². The first-order valence-corrected chi connectivity index (χ1v) is 11.1. The molecule has 8 heteroatoms. The van der Waals surface area contributed by atoms with Gasteiger partial charge in [0.25, 0.3) is 0 Å². The maximum Gasteiger partial charge on any atom is 0.243 e. The number of nitrogens with zero attached hydrogens (tertiary/aromatic N) is 1. The minimum absolute atomic E-state index is 0.111. The van der Waals surface area contributed by atoms with Crippen LogP contribution in [0.25, 0.3) is 0 Å². The number of nitrogens with one attached hydrogen (secondary N) is 1. The molecule has 2 aromatic rings. The number of fused-ring (bicyclic) bond motifs is 1. The molecule has 7 nitrogen and oxygen atoms in total. The molecule has 1 N–H and O–H groups in total. The monoisotopic (exact) mass is 416 g/mol. The van der Waals surface area contributed by atoms with Crippen LogP contribution in [0.2, 0.25) is 0 Å². The standard InChI is InChI=1S/C21H24N2O5S/c1-15-5-2-3-6-16(15)14-22-21(24)18-7-4-10-23(18)29(25,26)17-8-9-19-20(13-17)28-12-11-27-19/h2-3,5-6,8-9,13,18H,4,7,10-12,14H2,1H3,(H,22,24). The van der Waals surface area contributed by atoms with Crippen molar-refractivity contribution in [2.75, 3.05) is 19.8 Å². The van der Waals surface area contributed by atoms with Crippen LogP contribution in [0.4, 0.5) is 0 Å². The Balaban J connectivity index is 1.51. The van der Waals surface area contributed by atoms with E-state index in [1.807, 2.05) is 31.2 Å². The summed E-state index contributed by atoms with van der Waals surface area (Å²) in [5.41, 5.74) is 2.10. The van der Waals surface area contributed by atoms with Crippen LogP contribution < -0.4 is 14.8 Å². The number of hydrogen-bond donors (Lipinski definition) is 1. The van der Waals surface area contributed by atoms with Crippen molar-refractivity contribution in [1.29, 1.82) is 0 Å². The predicted molar refractivity (Wildman–Crippen MR) is 107 cm³/mol. The van der Waals surface area contributed by atoms with E-state index < -0.39 is 16.1 Å². The molecule has 2 aromatic carbocycles. The number of benzene rings is 2. The lowest BCUT2D eigenvalue weighted by atomic mass is 10.1. The average Bonchev–Trinajstić information content (AvgIpc) is 3.23. The molecule has 0 bridgehead atoms. The summed E-state index contributed by atoms with van der Waals surface area (Å²) in [4.78, 5) is 12.9. The quantitative estimate of drug-likeness (QED) is 0.808. The number of carbonyl (C=O) groups is 1. The van der Waals surface area contributed by atoms with E-state index >= 15 is 0 Å². The minimum atomic E-state index is -3.82. The molecule has 1 unspecified atom stereocenters. The van der Waals surface area contributed by atoms with Crippen molar-refractivity contribution in [3.63, 3.8) is 0 Å². The zero-order chi connectivity index (χ0) is 20.4. The Bertz CT molecular complexity index is 1020. The molecule has 154 valence electrons. The molecule has 2 aliphatic rings. The highest BCUT2D eigenvalue weighted by Crippen LogP contribution is 2.34. The molecular formula is C21H24N2O5S. The van der Waals surface area contributed by atoms with E-state index in [4.69, 9.17) is 9.47 Å². The van der Waals surface area contributed by atoms with Crippen molar-refractivity contribution in [3.05, 3.63) is 53.6 Å². The molecule has 29 heavy (non-hydrogen) atoms. The van der Waals surface area contributed by atoms with Crippen molar-refractivity contribution in [2.45, 2.75) is 37.2 Å². The molecule has 0 aliphatic carbocycles. The number of hydrogen-bond acceptors (Lipinski definition) is 5. The van der Waals surface area contributed by atoms with Crippen molar-refractivity contribution in [3.8, 4) is 11.5 Å². The molecule has 4 rings (SSSR count). The highest BCUT2D eigenvalue weighted by Gasteiger charge is 2.39. The van der Waals surface area contributed by atoms with Gasteiger partial charge in [0.2, 0.25) is 15.9 Å². The zero-order valence-electron chi connectivity index (χ0n) is 16.3. The maximum atomic E-state index is 13.2. The normalized spacial score (nSPS) is 19.1. The van der Waals surface area contributed by atoms with Gasteiger partial charge in [-0.05, 0) is 43.0 Å². The van der Waals surface area contributed by atoms with Crippen LogP contribution in [0.3, 0.4) is 0 Å². The number of sulfonamides is 1. The Morgan fingerprint density at radius 1 is 1.14 bits per heavy atom. The second-order valence-electron chi connectivity index (χ2n) is 7.22. The van der Waals surface area contributed by atoms with Crippen LogP contribution in [0.1, 0.15) is 24.0 Å². The molecule has 0 radical (unpaired) electrons. The fraction of sp³-hybridized carbons (Fsp3) is 0.381. The summed E-state index contributed by atoms with van der Waals surface area (Å²) >= 11 is 0. The van der Waals surface area contributed by atoms with Crippen molar-refractivity contribution in [1.82, 2.24) is 9.62 Å². The number of carbonyl (C=O) groups excluding carboxylic acids is 1. The van der Waals surface area contributed by atoms with Crippen molar-refractivity contribution >= 4 is 15.9 Å². The van der Waals surface area contributed by atoms with Crippen molar-refractivity contribution in [2.24, 2.45) is 0 Å². The highest BCUT2D eigenvalue weighted by atomic mass is 32.2. The number of amides is 1. The van der Waals surface area contributed by atoms with Gasteiger partial charge in [0.1, 0.15) is 19.3 Å². The summed E-state index contributed by atoms with van der Waals surface area (Å²) in [6.07, 6.45) is 1.15. The molecule has 0 saturated carbocycles. The average molecular weight is 416 g/mol. The van der Waals surface area contributed by atoms with E-state index in [1.165, 1.54) is 16.4 Å². The van der Waals surface area contributed by atoms with Crippen LogP contribution in [0.5, 0.6) is 11.5 Å². The summed E-state index contributed by atoms with van der Waals surface area (Å²) < 4.78 is 38.7. The Hall–Kier alpha value is -2.58. The molecular weight excluding hydrogens is 392 g/mol. The third-order valence-electron chi connectivity index (χ3n) is 5.34. The molecule has 2 aliphatic heterocycles. The zero-order valence-corrected chi connectivity index (χ0v) is 17.1. The smallest absolute Gasteiger partial charge is 0.243 e. The van der Waals surface area contributed by atoms with Gasteiger partial charge in [-0.3, -0.25) is 4.79 Å². The van der Waals surface area contributed by atoms with Crippen LogP contribution in [0.15, 0.2) is 47.4 Å². The summed E-state index contributed by atoms with van der Waals surface area (Å²) in [6.45, 7) is 3.49. The summed E-state index contributed by atoms with van der Waals surface area (Å²) in [7, 11) is -3.82. The van der Waals surface area contributed by atoms with Gasteiger partial charge in [0, 0.05) is 19.2 Å². The minimum Gasteiger partial charge on any atom is -0.486 e. The van der Waals surface area contributed by atoms with E-state index in [9.17, 15) is 13.2 Å². The lowest BCUT2D eigenvalue weighted by Gasteiger charge is -2.25. The Morgan fingerprint density at radius 2 is 1.90 bits per heavy atom. The SMILES string of the molecule is Cc1ccccc1CNC(=O)C1CCCN1S(=O)(=O)c1ccc2c(c1)OCCO2. The summed E-state index contributed by atoms with van der Waals surface area (Å²) in [5.74, 6) is 0.674. The second kappa shape index (κ2) is 8.04. The van der Waals surface area contributed by atoms with Gasteiger partial charge in [-0.15, -0.1) is 0 Å². The van der Waals surface area contributed by atoms with Crippen LogP contribution >= 0.6 is 0 Å². The highest BCUT2D eigenvalue weighted by molar-refractivity contribution is 7.89. The molecule has 1 amide bonds.